The molecule has 0 atom stereocenters. The Labute approximate surface area is 109 Å². The van der Waals surface area contributed by atoms with Crippen LogP contribution in [0.3, 0.4) is 0 Å². The highest BCUT2D eigenvalue weighted by Gasteiger charge is 2.08. The van der Waals surface area contributed by atoms with E-state index in [0.717, 1.165) is 36.0 Å². The maximum Gasteiger partial charge on any atom is 0.128 e. The minimum atomic E-state index is 0.731. The lowest BCUT2D eigenvalue weighted by Gasteiger charge is -2.22. The minimum absolute atomic E-state index is 0.731. The number of nitrogens with one attached hydrogen (secondary N) is 1. The summed E-state index contributed by atoms with van der Waals surface area (Å²) >= 11 is 6.11. The lowest BCUT2D eigenvalue weighted by atomic mass is 10.2. The van der Waals surface area contributed by atoms with Gasteiger partial charge in [0.05, 0.1) is 5.02 Å². The molecule has 0 saturated heterocycles. The second-order valence-corrected chi connectivity index (χ2v) is 4.50. The van der Waals surface area contributed by atoms with Gasteiger partial charge in [0.25, 0.3) is 0 Å². The van der Waals surface area contributed by atoms with E-state index < -0.39 is 0 Å². The zero-order valence-electron chi connectivity index (χ0n) is 11.0. The number of nitrogens with zero attached hydrogens (tertiary/aromatic N) is 2. The molecular weight excluding hydrogens is 234 g/mol. The Balaban J connectivity index is 2.84. The summed E-state index contributed by atoms with van der Waals surface area (Å²) < 4.78 is 0. The predicted molar refractivity (Wildman–Crippen MR) is 74.8 cm³/mol. The molecule has 0 bridgehead atoms. The van der Waals surface area contributed by atoms with Crippen molar-refractivity contribution in [2.45, 2.75) is 33.2 Å². The Morgan fingerprint density at radius 1 is 1.41 bits per heavy atom. The smallest absolute Gasteiger partial charge is 0.128 e. The first kappa shape index (κ1) is 14.3. The van der Waals surface area contributed by atoms with Gasteiger partial charge in [-0.3, -0.25) is 0 Å². The van der Waals surface area contributed by atoms with Gasteiger partial charge in [-0.25, -0.2) is 4.98 Å². The maximum absolute atomic E-state index is 6.11. The summed E-state index contributed by atoms with van der Waals surface area (Å²) in [6, 6.07) is 2.08. The van der Waals surface area contributed by atoms with Crippen molar-refractivity contribution in [2.75, 3.05) is 25.0 Å². The molecule has 0 aliphatic rings. The van der Waals surface area contributed by atoms with Crippen LogP contribution in [0.4, 0.5) is 5.82 Å². The topological polar surface area (TPSA) is 28.2 Å². The first-order chi connectivity index (χ1) is 8.22. The molecule has 17 heavy (non-hydrogen) atoms. The average Bonchev–Trinajstić information content (AvgIpc) is 2.34. The van der Waals surface area contributed by atoms with Crippen LogP contribution in [0.5, 0.6) is 0 Å². The van der Waals surface area contributed by atoms with Crippen LogP contribution >= 0.6 is 11.6 Å². The van der Waals surface area contributed by atoms with E-state index >= 15 is 0 Å². The van der Waals surface area contributed by atoms with Crippen LogP contribution in [-0.4, -0.2) is 25.1 Å². The Bertz CT molecular complexity index is 341. The summed E-state index contributed by atoms with van der Waals surface area (Å²) in [6.07, 6.45) is 4.14. The normalized spacial score (nSPS) is 10.6. The molecule has 0 radical (unpaired) electrons. The monoisotopic (exact) mass is 255 g/mol. The van der Waals surface area contributed by atoms with Gasteiger partial charge in [0, 0.05) is 25.8 Å². The molecule has 1 aromatic heterocycles. The van der Waals surface area contributed by atoms with Crippen molar-refractivity contribution in [1.82, 2.24) is 10.3 Å². The number of aromatic nitrogens is 1. The van der Waals surface area contributed by atoms with E-state index in [4.69, 9.17) is 11.6 Å². The first-order valence-electron chi connectivity index (χ1n) is 6.26. The zero-order valence-corrected chi connectivity index (χ0v) is 11.7. The van der Waals surface area contributed by atoms with E-state index in [2.05, 4.69) is 35.1 Å². The zero-order chi connectivity index (χ0) is 12.7. The third-order valence-corrected chi connectivity index (χ3v) is 3.12. The fraction of sp³-hybridized carbons (Fsp3) is 0.615. The van der Waals surface area contributed by atoms with Gasteiger partial charge < -0.3 is 10.2 Å². The second-order valence-electron chi connectivity index (χ2n) is 4.10. The highest BCUT2D eigenvalue weighted by molar-refractivity contribution is 6.31. The summed E-state index contributed by atoms with van der Waals surface area (Å²) in [7, 11) is 1.92. The van der Waals surface area contributed by atoms with Gasteiger partial charge in [0.1, 0.15) is 5.82 Å². The molecule has 0 amide bonds. The van der Waals surface area contributed by atoms with Gasteiger partial charge in [0.15, 0.2) is 0 Å². The van der Waals surface area contributed by atoms with Crippen LogP contribution in [-0.2, 0) is 6.54 Å². The molecule has 0 aromatic carbocycles. The molecule has 4 heteroatoms. The SMILES string of the molecule is CCCCN(CC)c1cc(CNC)c(Cl)cn1. The standard InChI is InChI=1S/C13H22ClN3/c1-4-6-7-17(5-2)13-8-11(9-15-3)12(14)10-16-13/h8,10,15H,4-7,9H2,1-3H3. The molecule has 3 nitrogen and oxygen atoms in total. The van der Waals surface area contributed by atoms with Crippen LogP contribution in [0, 0.1) is 0 Å². The molecule has 1 rings (SSSR count). The largest absolute Gasteiger partial charge is 0.357 e. The number of hydrogen-bond acceptors (Lipinski definition) is 3. The lowest BCUT2D eigenvalue weighted by Crippen LogP contribution is -2.25. The van der Waals surface area contributed by atoms with Gasteiger partial charge in [-0.2, -0.15) is 0 Å². The van der Waals surface area contributed by atoms with Crippen molar-refractivity contribution in [3.05, 3.63) is 22.8 Å². The second kappa shape index (κ2) is 7.51. The van der Waals surface area contributed by atoms with Gasteiger partial charge in [-0.15, -0.1) is 0 Å². The van der Waals surface area contributed by atoms with Gasteiger partial charge in [0.2, 0.25) is 0 Å². The van der Waals surface area contributed by atoms with Crippen molar-refractivity contribution in [3.63, 3.8) is 0 Å². The third kappa shape index (κ3) is 4.17. The molecule has 1 N–H and O–H groups in total. The fourth-order valence-corrected chi connectivity index (χ4v) is 1.92. The van der Waals surface area contributed by atoms with E-state index in [1.54, 1.807) is 6.20 Å². The van der Waals surface area contributed by atoms with E-state index in [9.17, 15) is 0 Å². The van der Waals surface area contributed by atoms with Crippen LogP contribution in [0.25, 0.3) is 0 Å². The molecule has 1 heterocycles. The van der Waals surface area contributed by atoms with E-state index in [-0.39, 0.29) is 0 Å². The van der Waals surface area contributed by atoms with Crippen molar-refractivity contribution in [2.24, 2.45) is 0 Å². The lowest BCUT2D eigenvalue weighted by molar-refractivity contribution is 0.722. The minimum Gasteiger partial charge on any atom is -0.357 e. The highest BCUT2D eigenvalue weighted by atomic mass is 35.5. The summed E-state index contributed by atoms with van der Waals surface area (Å²) in [4.78, 5) is 6.70. The van der Waals surface area contributed by atoms with Crippen LogP contribution < -0.4 is 10.2 Å². The summed E-state index contributed by atoms with van der Waals surface area (Å²) in [5.41, 5.74) is 1.11. The molecule has 0 saturated carbocycles. The van der Waals surface area contributed by atoms with E-state index in [1.165, 1.54) is 12.8 Å². The van der Waals surface area contributed by atoms with E-state index in [1.807, 2.05) is 7.05 Å². The molecule has 0 spiro atoms. The molecule has 0 fully saturated rings. The Hall–Kier alpha value is -0.800. The molecule has 96 valence electrons. The van der Waals surface area contributed by atoms with Gasteiger partial charge in [-0.1, -0.05) is 24.9 Å². The number of anilines is 1. The molecule has 0 aliphatic carbocycles. The predicted octanol–water partition coefficient (Wildman–Crippen LogP) is 3.08. The van der Waals surface area contributed by atoms with Crippen molar-refractivity contribution >= 4 is 17.4 Å². The number of hydrogen-bond donors (Lipinski definition) is 1. The van der Waals surface area contributed by atoms with Gasteiger partial charge in [-0.05, 0) is 32.0 Å². The van der Waals surface area contributed by atoms with E-state index in [0.29, 0.717) is 0 Å². The fourth-order valence-electron chi connectivity index (χ4n) is 1.75. The summed E-state index contributed by atoms with van der Waals surface area (Å²) in [6.45, 7) is 7.17. The first-order valence-corrected chi connectivity index (χ1v) is 6.64. The summed E-state index contributed by atoms with van der Waals surface area (Å²) in [5, 5.41) is 3.85. The molecular formula is C13H22ClN3. The quantitative estimate of drug-likeness (QED) is 0.812. The number of halogens is 1. The number of pyridine rings is 1. The van der Waals surface area contributed by atoms with Crippen molar-refractivity contribution < 1.29 is 0 Å². The van der Waals surface area contributed by atoms with Crippen LogP contribution in [0.1, 0.15) is 32.3 Å². The van der Waals surface area contributed by atoms with Gasteiger partial charge >= 0.3 is 0 Å². The maximum atomic E-state index is 6.11. The Morgan fingerprint density at radius 2 is 2.18 bits per heavy atom. The average molecular weight is 256 g/mol. The van der Waals surface area contributed by atoms with Crippen LogP contribution in [0.15, 0.2) is 12.3 Å². The molecule has 0 unspecified atom stereocenters. The highest BCUT2D eigenvalue weighted by Crippen LogP contribution is 2.20. The Morgan fingerprint density at radius 3 is 2.76 bits per heavy atom. The third-order valence-electron chi connectivity index (χ3n) is 2.77. The summed E-state index contributed by atoms with van der Waals surface area (Å²) in [5.74, 6) is 1.02. The molecule has 1 aromatic rings. The Kier molecular flexibility index (Phi) is 6.30. The van der Waals surface area contributed by atoms with Crippen molar-refractivity contribution in [3.8, 4) is 0 Å². The van der Waals surface area contributed by atoms with Crippen LogP contribution in [0.2, 0.25) is 5.02 Å². The molecule has 0 aliphatic heterocycles. The number of rotatable bonds is 7. The number of unbranched alkanes of at least 4 members (excludes halogenated alkanes) is 1. The van der Waals surface area contributed by atoms with Crippen molar-refractivity contribution in [1.29, 1.82) is 0 Å².